The van der Waals surface area contributed by atoms with Crippen LogP contribution in [0.1, 0.15) is 39.5 Å². The minimum atomic E-state index is 0.302. The van der Waals surface area contributed by atoms with Gasteiger partial charge >= 0.3 is 0 Å². The molecule has 0 spiro atoms. The van der Waals surface area contributed by atoms with Gasteiger partial charge in [0.05, 0.1) is 0 Å². The van der Waals surface area contributed by atoms with Gasteiger partial charge in [0.25, 0.3) is 0 Å². The van der Waals surface area contributed by atoms with E-state index in [-0.39, 0.29) is 0 Å². The molecule has 3 nitrogen and oxygen atoms in total. The molecule has 1 rings (SSSR count). The minimum absolute atomic E-state index is 0.302. The Morgan fingerprint density at radius 2 is 2.12 bits per heavy atom. The van der Waals surface area contributed by atoms with Crippen LogP contribution in [0, 0.1) is 11.3 Å². The summed E-state index contributed by atoms with van der Waals surface area (Å²) < 4.78 is 0. The van der Waals surface area contributed by atoms with Gasteiger partial charge in [0.15, 0.2) is 0 Å². The van der Waals surface area contributed by atoms with Crippen LogP contribution < -0.4 is 5.32 Å². The fourth-order valence-corrected chi connectivity index (χ4v) is 3.14. The monoisotopic (exact) mass is 242 g/mol. The highest BCUT2D eigenvalue weighted by molar-refractivity contribution is 4.89. The van der Waals surface area contributed by atoms with Crippen LogP contribution in [0.3, 0.4) is 0 Å². The molecule has 0 amide bonds. The van der Waals surface area contributed by atoms with Gasteiger partial charge in [-0.25, -0.2) is 0 Å². The maximum absolute atomic E-state index is 8.86. The van der Waals surface area contributed by atoms with E-state index in [1.54, 1.807) is 0 Å². The maximum atomic E-state index is 8.86. The quantitative estimate of drug-likeness (QED) is 0.744. The normalized spacial score (nSPS) is 28.6. The van der Waals surface area contributed by atoms with Crippen LogP contribution in [0.5, 0.6) is 0 Å². The number of aliphatic hydroxyl groups excluding tert-OH is 1. The molecule has 0 aliphatic heterocycles. The number of aliphatic hydroxyl groups is 1. The number of nitrogens with zero attached hydrogens (tertiary/aromatic N) is 1. The zero-order valence-electron chi connectivity index (χ0n) is 12.0. The van der Waals surface area contributed by atoms with Crippen molar-refractivity contribution in [3.63, 3.8) is 0 Å². The Morgan fingerprint density at radius 3 is 2.71 bits per heavy atom. The van der Waals surface area contributed by atoms with Crippen molar-refractivity contribution in [1.29, 1.82) is 0 Å². The van der Waals surface area contributed by atoms with E-state index >= 15 is 0 Å². The zero-order valence-corrected chi connectivity index (χ0v) is 12.0. The van der Waals surface area contributed by atoms with Crippen LogP contribution in [-0.4, -0.2) is 49.8 Å². The molecule has 0 aromatic rings. The van der Waals surface area contributed by atoms with E-state index in [0.29, 0.717) is 18.1 Å². The van der Waals surface area contributed by atoms with Gasteiger partial charge in [-0.1, -0.05) is 13.8 Å². The Balaban J connectivity index is 2.46. The van der Waals surface area contributed by atoms with Crippen molar-refractivity contribution in [3.05, 3.63) is 0 Å². The predicted molar refractivity (Wildman–Crippen MR) is 73.2 cm³/mol. The Bertz CT molecular complexity index is 218. The third-order valence-corrected chi connectivity index (χ3v) is 4.13. The van der Waals surface area contributed by atoms with Gasteiger partial charge < -0.3 is 15.3 Å². The smallest absolute Gasteiger partial charge is 0.0443 e. The summed E-state index contributed by atoms with van der Waals surface area (Å²) in [6.45, 7) is 7.23. The first-order valence-corrected chi connectivity index (χ1v) is 6.95. The van der Waals surface area contributed by atoms with Crippen LogP contribution in [-0.2, 0) is 0 Å². The molecule has 2 atom stereocenters. The summed E-state index contributed by atoms with van der Waals surface area (Å²) in [7, 11) is 4.26. The molecule has 2 N–H and O–H groups in total. The molecule has 1 saturated carbocycles. The molecule has 0 heterocycles. The van der Waals surface area contributed by atoms with E-state index < -0.39 is 0 Å². The molecular formula is C14H30N2O. The molecule has 0 aromatic heterocycles. The highest BCUT2D eigenvalue weighted by Gasteiger charge is 2.34. The molecule has 3 heteroatoms. The fraction of sp³-hybridized carbons (Fsp3) is 1.00. The van der Waals surface area contributed by atoms with Crippen molar-refractivity contribution < 1.29 is 5.11 Å². The van der Waals surface area contributed by atoms with Crippen molar-refractivity contribution in [2.24, 2.45) is 11.3 Å². The Hall–Kier alpha value is -0.120. The summed E-state index contributed by atoms with van der Waals surface area (Å²) in [6.07, 6.45) is 4.82. The van der Waals surface area contributed by atoms with E-state index in [1.165, 1.54) is 19.3 Å². The molecule has 0 aromatic carbocycles. The molecule has 1 aliphatic carbocycles. The zero-order chi connectivity index (χ0) is 12.9. The van der Waals surface area contributed by atoms with Gasteiger partial charge in [-0.2, -0.15) is 0 Å². The summed E-state index contributed by atoms with van der Waals surface area (Å²) >= 11 is 0. The van der Waals surface area contributed by atoms with Gasteiger partial charge in [0.2, 0.25) is 0 Å². The average Bonchev–Trinajstić information content (AvgIpc) is 2.25. The minimum Gasteiger partial charge on any atom is -0.396 e. The van der Waals surface area contributed by atoms with Crippen LogP contribution in [0.15, 0.2) is 0 Å². The predicted octanol–water partition coefficient (Wildman–Crippen LogP) is 1.71. The number of hydrogen-bond donors (Lipinski definition) is 2. The van der Waals surface area contributed by atoms with Gasteiger partial charge in [-0.15, -0.1) is 0 Å². The summed E-state index contributed by atoms with van der Waals surface area (Å²) in [6, 6.07) is 0.666. The van der Waals surface area contributed by atoms with E-state index in [4.69, 9.17) is 5.11 Å². The van der Waals surface area contributed by atoms with Gasteiger partial charge in [0, 0.05) is 25.7 Å². The van der Waals surface area contributed by atoms with E-state index in [9.17, 15) is 0 Å². The number of rotatable bonds is 6. The molecule has 0 radical (unpaired) electrons. The fourth-order valence-electron chi connectivity index (χ4n) is 3.14. The van der Waals surface area contributed by atoms with Crippen molar-refractivity contribution in [1.82, 2.24) is 10.2 Å². The second-order valence-corrected chi connectivity index (χ2v) is 6.40. The molecule has 2 unspecified atom stereocenters. The standard InChI is InChI=1S/C14H30N2O/c1-14(2)7-6-13(15-3)12(10-14)11-16(4)8-5-9-17/h12-13,15,17H,5-11H2,1-4H3. The molecule has 1 fully saturated rings. The van der Waals surface area contributed by atoms with Gasteiger partial charge in [-0.3, -0.25) is 0 Å². The summed E-state index contributed by atoms with van der Waals surface area (Å²) in [5, 5.41) is 12.3. The van der Waals surface area contributed by atoms with Crippen molar-refractivity contribution >= 4 is 0 Å². The first-order valence-electron chi connectivity index (χ1n) is 6.95. The lowest BCUT2D eigenvalue weighted by Gasteiger charge is -2.42. The first-order chi connectivity index (χ1) is 7.98. The van der Waals surface area contributed by atoms with Crippen LogP contribution in [0.25, 0.3) is 0 Å². The summed E-state index contributed by atoms with van der Waals surface area (Å²) in [4.78, 5) is 2.37. The van der Waals surface area contributed by atoms with Crippen LogP contribution in [0.4, 0.5) is 0 Å². The Morgan fingerprint density at radius 1 is 1.41 bits per heavy atom. The number of hydrogen-bond acceptors (Lipinski definition) is 3. The number of nitrogens with one attached hydrogen (secondary N) is 1. The topological polar surface area (TPSA) is 35.5 Å². The van der Waals surface area contributed by atoms with E-state index in [2.05, 4.69) is 38.2 Å². The average molecular weight is 242 g/mol. The van der Waals surface area contributed by atoms with Gasteiger partial charge in [-0.05, 0) is 51.1 Å². The third-order valence-electron chi connectivity index (χ3n) is 4.13. The molecule has 102 valence electrons. The second kappa shape index (κ2) is 6.72. The first kappa shape index (κ1) is 14.9. The van der Waals surface area contributed by atoms with E-state index in [1.807, 2.05) is 0 Å². The highest BCUT2D eigenvalue weighted by atomic mass is 16.3. The van der Waals surface area contributed by atoms with Crippen molar-refractivity contribution in [2.75, 3.05) is 33.8 Å². The lowest BCUT2D eigenvalue weighted by atomic mass is 9.70. The molecule has 0 saturated heterocycles. The molecule has 1 aliphatic rings. The lowest BCUT2D eigenvalue weighted by Crippen LogP contribution is -2.46. The Kier molecular flexibility index (Phi) is 5.90. The summed E-state index contributed by atoms with van der Waals surface area (Å²) in [5.74, 6) is 0.743. The van der Waals surface area contributed by atoms with Gasteiger partial charge in [0.1, 0.15) is 0 Å². The second-order valence-electron chi connectivity index (χ2n) is 6.40. The highest BCUT2D eigenvalue weighted by Crippen LogP contribution is 2.38. The Labute approximate surface area is 107 Å². The lowest BCUT2D eigenvalue weighted by molar-refractivity contribution is 0.109. The molecular weight excluding hydrogens is 212 g/mol. The van der Waals surface area contributed by atoms with Crippen LogP contribution in [0.2, 0.25) is 0 Å². The molecule has 17 heavy (non-hydrogen) atoms. The van der Waals surface area contributed by atoms with Crippen molar-refractivity contribution in [2.45, 2.75) is 45.6 Å². The largest absolute Gasteiger partial charge is 0.396 e. The van der Waals surface area contributed by atoms with Crippen molar-refractivity contribution in [3.8, 4) is 0 Å². The summed E-state index contributed by atoms with van der Waals surface area (Å²) in [5.41, 5.74) is 0.496. The molecule has 0 bridgehead atoms. The maximum Gasteiger partial charge on any atom is 0.0443 e. The third kappa shape index (κ3) is 4.94. The van der Waals surface area contributed by atoms with E-state index in [0.717, 1.165) is 25.4 Å². The van der Waals surface area contributed by atoms with Crippen LogP contribution >= 0.6 is 0 Å². The SMILES string of the molecule is CNC1CCC(C)(C)CC1CN(C)CCCO.